The molecule has 3 aromatic rings. The van der Waals surface area contributed by atoms with Crippen molar-refractivity contribution in [2.75, 3.05) is 13.1 Å². The third-order valence-corrected chi connectivity index (χ3v) is 5.10. The van der Waals surface area contributed by atoms with Gasteiger partial charge in [0, 0.05) is 29.2 Å². The lowest BCUT2D eigenvalue weighted by molar-refractivity contribution is 0.0908. The summed E-state index contributed by atoms with van der Waals surface area (Å²) in [5, 5.41) is 16.9. The Bertz CT molecular complexity index is 955. The van der Waals surface area contributed by atoms with Crippen molar-refractivity contribution >= 4 is 41.5 Å². The highest BCUT2D eigenvalue weighted by molar-refractivity contribution is 5.94. The minimum atomic E-state index is -0.158. The normalized spacial score (nSPS) is 18.8. The van der Waals surface area contributed by atoms with Crippen LogP contribution in [0, 0.1) is 12.8 Å². The average molecular weight is 423 g/mol. The third-order valence-electron chi connectivity index (χ3n) is 5.10. The molecule has 0 radical (unpaired) electrons. The van der Waals surface area contributed by atoms with E-state index in [1.807, 2.05) is 37.4 Å². The molecule has 9 heteroatoms. The molecule has 4 rings (SSSR count). The quantitative estimate of drug-likeness (QED) is 0.677. The lowest BCUT2D eigenvalue weighted by atomic mass is 9.95. The van der Waals surface area contributed by atoms with E-state index in [2.05, 4.69) is 32.9 Å². The fourth-order valence-corrected chi connectivity index (χ4v) is 3.52. The van der Waals surface area contributed by atoms with Gasteiger partial charge in [0.2, 0.25) is 0 Å². The highest BCUT2D eigenvalue weighted by Crippen LogP contribution is 2.22. The predicted molar refractivity (Wildman–Crippen MR) is 114 cm³/mol. The number of benzene rings is 1. The zero-order chi connectivity index (χ0) is 18.1. The molecule has 0 saturated carbocycles. The van der Waals surface area contributed by atoms with Crippen LogP contribution in [0.15, 0.2) is 36.7 Å². The third kappa shape index (κ3) is 4.11. The summed E-state index contributed by atoms with van der Waals surface area (Å²) >= 11 is 0. The molecule has 1 saturated heterocycles. The van der Waals surface area contributed by atoms with Gasteiger partial charge < -0.3 is 10.6 Å². The van der Waals surface area contributed by atoms with Crippen molar-refractivity contribution in [2.24, 2.45) is 5.92 Å². The van der Waals surface area contributed by atoms with Crippen LogP contribution in [0.1, 0.15) is 29.5 Å². The van der Waals surface area contributed by atoms with E-state index < -0.39 is 0 Å². The standard InChI is InChI=1S/C19H22N6O.2ClH/c1-12-10-20-9-7-16(12)22-19(26)18-13(2)25(24-23-18)17-5-3-4-14-11-21-8-6-15(14)17;;/h3-6,8,11-12,16,20H,7,9-10H2,1-2H3,(H,22,26);2*1H. The second kappa shape index (κ2) is 9.32. The van der Waals surface area contributed by atoms with Crippen molar-refractivity contribution < 1.29 is 4.79 Å². The number of nitrogens with zero attached hydrogens (tertiary/aromatic N) is 4. The number of carbonyl (C=O) groups is 1. The van der Waals surface area contributed by atoms with Crippen LogP contribution in [-0.2, 0) is 0 Å². The molecule has 0 aliphatic carbocycles. The summed E-state index contributed by atoms with van der Waals surface area (Å²) in [4.78, 5) is 16.9. The molecule has 2 N–H and O–H groups in total. The molecule has 7 nitrogen and oxygen atoms in total. The first-order chi connectivity index (χ1) is 12.6. The van der Waals surface area contributed by atoms with Crippen molar-refractivity contribution in [1.29, 1.82) is 0 Å². The Morgan fingerprint density at radius 3 is 2.89 bits per heavy atom. The molecule has 2 atom stereocenters. The number of pyridine rings is 1. The Morgan fingerprint density at radius 2 is 2.11 bits per heavy atom. The van der Waals surface area contributed by atoms with Gasteiger partial charge in [-0.25, -0.2) is 4.68 Å². The van der Waals surface area contributed by atoms with Crippen molar-refractivity contribution in [2.45, 2.75) is 26.3 Å². The zero-order valence-corrected chi connectivity index (χ0v) is 17.4. The van der Waals surface area contributed by atoms with Crippen molar-refractivity contribution in [3.63, 3.8) is 0 Å². The van der Waals surface area contributed by atoms with E-state index in [0.29, 0.717) is 11.6 Å². The number of hydrogen-bond donors (Lipinski definition) is 2. The maximum Gasteiger partial charge on any atom is 0.273 e. The largest absolute Gasteiger partial charge is 0.347 e. The van der Waals surface area contributed by atoms with Gasteiger partial charge in [0.05, 0.1) is 11.4 Å². The van der Waals surface area contributed by atoms with Gasteiger partial charge in [-0.1, -0.05) is 24.3 Å². The lowest BCUT2D eigenvalue weighted by Crippen LogP contribution is -2.48. The summed E-state index contributed by atoms with van der Waals surface area (Å²) < 4.78 is 1.73. The number of halogens is 2. The van der Waals surface area contributed by atoms with E-state index in [-0.39, 0.29) is 36.8 Å². The fourth-order valence-electron chi connectivity index (χ4n) is 3.52. The predicted octanol–water partition coefficient (Wildman–Crippen LogP) is 2.70. The smallest absolute Gasteiger partial charge is 0.273 e. The lowest BCUT2D eigenvalue weighted by Gasteiger charge is -2.29. The van der Waals surface area contributed by atoms with Gasteiger partial charge in [0.25, 0.3) is 5.91 Å². The number of fused-ring (bicyclic) bond motifs is 1. The Labute approximate surface area is 176 Å². The van der Waals surface area contributed by atoms with E-state index in [1.54, 1.807) is 10.9 Å². The van der Waals surface area contributed by atoms with E-state index in [1.165, 1.54) is 0 Å². The summed E-state index contributed by atoms with van der Waals surface area (Å²) in [6.45, 7) is 5.86. The van der Waals surface area contributed by atoms with Gasteiger partial charge in [0.1, 0.15) is 0 Å². The summed E-state index contributed by atoms with van der Waals surface area (Å²) in [5.74, 6) is 0.239. The highest BCUT2D eigenvalue weighted by Gasteiger charge is 2.25. The molecule has 0 spiro atoms. The van der Waals surface area contributed by atoms with Gasteiger partial charge in [-0.2, -0.15) is 0 Å². The van der Waals surface area contributed by atoms with Crippen LogP contribution in [0.3, 0.4) is 0 Å². The zero-order valence-electron chi connectivity index (χ0n) is 15.8. The summed E-state index contributed by atoms with van der Waals surface area (Å²) in [6, 6.07) is 8.04. The van der Waals surface area contributed by atoms with Gasteiger partial charge in [-0.05, 0) is 44.5 Å². The molecule has 1 aliphatic heterocycles. The molecule has 2 aromatic heterocycles. The number of carbonyl (C=O) groups excluding carboxylic acids is 1. The molecule has 28 heavy (non-hydrogen) atoms. The van der Waals surface area contributed by atoms with Crippen LogP contribution < -0.4 is 10.6 Å². The molecule has 150 valence electrons. The van der Waals surface area contributed by atoms with Crippen LogP contribution >= 0.6 is 24.8 Å². The number of piperidine rings is 1. The average Bonchev–Trinajstić information content (AvgIpc) is 3.04. The molecule has 1 aliphatic rings. The number of rotatable bonds is 3. The van der Waals surface area contributed by atoms with Crippen LogP contribution in [0.2, 0.25) is 0 Å². The molecule has 1 fully saturated rings. The molecule has 1 amide bonds. The number of amides is 1. The fraction of sp³-hybridized carbons (Fsp3) is 0.368. The van der Waals surface area contributed by atoms with E-state index in [9.17, 15) is 4.79 Å². The summed E-state index contributed by atoms with van der Waals surface area (Å²) in [7, 11) is 0. The Kier molecular flexibility index (Phi) is 7.35. The van der Waals surface area contributed by atoms with Crippen LogP contribution in [-0.4, -0.2) is 45.0 Å². The number of aromatic nitrogens is 4. The Hall–Kier alpha value is -2.22. The van der Waals surface area contributed by atoms with E-state index in [0.717, 1.165) is 41.7 Å². The van der Waals surface area contributed by atoms with Crippen molar-refractivity contribution in [3.05, 3.63) is 48.0 Å². The number of hydrogen-bond acceptors (Lipinski definition) is 5. The monoisotopic (exact) mass is 422 g/mol. The maximum atomic E-state index is 12.7. The number of nitrogens with one attached hydrogen (secondary N) is 2. The van der Waals surface area contributed by atoms with Gasteiger partial charge >= 0.3 is 0 Å². The van der Waals surface area contributed by atoms with Crippen LogP contribution in [0.25, 0.3) is 16.5 Å². The van der Waals surface area contributed by atoms with Gasteiger partial charge in [-0.15, -0.1) is 29.9 Å². The SMILES string of the molecule is Cc1c(C(=O)NC2CCNCC2C)nnn1-c1cccc2cnccc12.Cl.Cl. The first-order valence-electron chi connectivity index (χ1n) is 8.92. The molecule has 2 unspecified atom stereocenters. The second-order valence-corrected chi connectivity index (χ2v) is 6.86. The van der Waals surface area contributed by atoms with Crippen molar-refractivity contribution in [3.8, 4) is 5.69 Å². The molecular weight excluding hydrogens is 399 g/mol. The Balaban J connectivity index is 0.00000140. The molecule has 1 aromatic carbocycles. The minimum Gasteiger partial charge on any atom is -0.347 e. The summed E-state index contributed by atoms with van der Waals surface area (Å²) in [6.07, 6.45) is 4.50. The summed E-state index contributed by atoms with van der Waals surface area (Å²) in [5.41, 5.74) is 2.00. The van der Waals surface area contributed by atoms with Gasteiger partial charge in [-0.3, -0.25) is 9.78 Å². The van der Waals surface area contributed by atoms with Gasteiger partial charge in [0.15, 0.2) is 5.69 Å². The van der Waals surface area contributed by atoms with Crippen LogP contribution in [0.4, 0.5) is 0 Å². The second-order valence-electron chi connectivity index (χ2n) is 6.86. The van der Waals surface area contributed by atoms with Crippen molar-refractivity contribution in [1.82, 2.24) is 30.6 Å². The van der Waals surface area contributed by atoms with E-state index >= 15 is 0 Å². The highest BCUT2D eigenvalue weighted by atomic mass is 35.5. The first-order valence-corrected chi connectivity index (χ1v) is 8.92. The molecule has 0 bridgehead atoms. The minimum absolute atomic E-state index is 0. The molecular formula is C19H24Cl2N6O. The van der Waals surface area contributed by atoms with E-state index in [4.69, 9.17) is 0 Å². The first kappa shape index (κ1) is 22.1. The Morgan fingerprint density at radius 1 is 1.29 bits per heavy atom. The topological polar surface area (TPSA) is 84.7 Å². The van der Waals surface area contributed by atoms with Crippen LogP contribution in [0.5, 0.6) is 0 Å². The maximum absolute atomic E-state index is 12.7. The molecule has 3 heterocycles.